The van der Waals surface area contributed by atoms with E-state index in [2.05, 4.69) is 29.4 Å². The van der Waals surface area contributed by atoms with Crippen molar-refractivity contribution in [3.05, 3.63) is 29.3 Å². The van der Waals surface area contributed by atoms with Crippen LogP contribution >= 0.6 is 0 Å². The third-order valence-corrected chi connectivity index (χ3v) is 4.56. The molecule has 4 heteroatoms. The second-order valence-electron chi connectivity index (χ2n) is 6.16. The molecular weight excluding hydrogens is 250 g/mol. The van der Waals surface area contributed by atoms with Crippen LogP contribution in [0.15, 0.2) is 18.2 Å². The first-order chi connectivity index (χ1) is 9.63. The number of likely N-dealkylation sites (tertiary alicyclic amines) is 1. The standard InChI is InChI=1S/C16H23N3O/c1-19-8-7-12(10-19)16(20)18-15-4-2-3-11-9-13(17)5-6-14(11)15/h5-6,9,12,15H,2-4,7-8,10,17H2,1H3,(H,18,20). The minimum absolute atomic E-state index is 0.152. The van der Waals surface area contributed by atoms with Gasteiger partial charge in [-0.2, -0.15) is 0 Å². The van der Waals surface area contributed by atoms with Crippen molar-refractivity contribution in [2.75, 3.05) is 25.9 Å². The van der Waals surface area contributed by atoms with Gasteiger partial charge in [0.25, 0.3) is 0 Å². The number of nitrogens with two attached hydrogens (primary N) is 1. The minimum Gasteiger partial charge on any atom is -0.399 e. The third kappa shape index (κ3) is 2.66. The number of nitrogens with one attached hydrogen (secondary N) is 1. The molecule has 0 saturated carbocycles. The Labute approximate surface area is 120 Å². The van der Waals surface area contributed by atoms with Crippen molar-refractivity contribution < 1.29 is 4.79 Å². The Bertz CT molecular complexity index is 514. The van der Waals surface area contributed by atoms with E-state index in [4.69, 9.17) is 5.73 Å². The van der Waals surface area contributed by atoms with E-state index in [1.807, 2.05) is 6.07 Å². The highest BCUT2D eigenvalue weighted by atomic mass is 16.2. The summed E-state index contributed by atoms with van der Waals surface area (Å²) < 4.78 is 0. The highest BCUT2D eigenvalue weighted by Crippen LogP contribution is 2.31. The Kier molecular flexibility index (Phi) is 3.66. The van der Waals surface area contributed by atoms with Gasteiger partial charge in [-0.3, -0.25) is 4.79 Å². The van der Waals surface area contributed by atoms with E-state index in [0.717, 1.165) is 44.5 Å². The van der Waals surface area contributed by atoms with Gasteiger partial charge < -0.3 is 16.0 Å². The first-order valence-electron chi connectivity index (χ1n) is 7.50. The fourth-order valence-electron chi connectivity index (χ4n) is 3.42. The first kappa shape index (κ1) is 13.4. The second-order valence-corrected chi connectivity index (χ2v) is 6.16. The number of carbonyl (C=O) groups is 1. The summed E-state index contributed by atoms with van der Waals surface area (Å²) in [7, 11) is 2.08. The zero-order valence-corrected chi connectivity index (χ0v) is 12.1. The third-order valence-electron chi connectivity index (χ3n) is 4.56. The lowest BCUT2D eigenvalue weighted by atomic mass is 9.87. The molecule has 3 rings (SSSR count). The molecule has 108 valence electrons. The number of hydrogen-bond acceptors (Lipinski definition) is 3. The smallest absolute Gasteiger partial charge is 0.224 e. The van der Waals surface area contributed by atoms with Crippen LogP contribution in [0.2, 0.25) is 0 Å². The largest absolute Gasteiger partial charge is 0.399 e. The van der Waals surface area contributed by atoms with Crippen LogP contribution in [-0.4, -0.2) is 30.9 Å². The maximum atomic E-state index is 12.4. The van der Waals surface area contributed by atoms with Crippen molar-refractivity contribution in [2.24, 2.45) is 5.92 Å². The van der Waals surface area contributed by atoms with E-state index in [9.17, 15) is 4.79 Å². The number of hydrogen-bond donors (Lipinski definition) is 2. The monoisotopic (exact) mass is 273 g/mol. The molecule has 0 radical (unpaired) electrons. The molecule has 4 nitrogen and oxygen atoms in total. The predicted octanol–water partition coefficient (Wildman–Crippen LogP) is 1.71. The Hall–Kier alpha value is -1.55. The fourth-order valence-corrected chi connectivity index (χ4v) is 3.42. The zero-order valence-electron chi connectivity index (χ0n) is 12.1. The van der Waals surface area contributed by atoms with Gasteiger partial charge in [0.2, 0.25) is 5.91 Å². The van der Waals surface area contributed by atoms with Gasteiger partial charge in [0.15, 0.2) is 0 Å². The molecule has 0 bridgehead atoms. The average molecular weight is 273 g/mol. The Balaban J connectivity index is 1.71. The van der Waals surface area contributed by atoms with Crippen molar-refractivity contribution in [1.82, 2.24) is 10.2 Å². The van der Waals surface area contributed by atoms with Crippen LogP contribution in [0.4, 0.5) is 5.69 Å². The van der Waals surface area contributed by atoms with Crippen molar-refractivity contribution in [3.63, 3.8) is 0 Å². The van der Waals surface area contributed by atoms with Gasteiger partial charge in [-0.05, 0) is 62.5 Å². The Morgan fingerprint density at radius 1 is 1.40 bits per heavy atom. The zero-order chi connectivity index (χ0) is 14.1. The normalized spacial score (nSPS) is 26.2. The number of benzene rings is 1. The van der Waals surface area contributed by atoms with Crippen LogP contribution in [0, 0.1) is 5.92 Å². The van der Waals surface area contributed by atoms with Crippen molar-refractivity contribution in [1.29, 1.82) is 0 Å². The SMILES string of the molecule is CN1CCC(C(=O)NC2CCCc3cc(N)ccc32)C1. The van der Waals surface area contributed by atoms with Crippen LogP contribution in [0.5, 0.6) is 0 Å². The summed E-state index contributed by atoms with van der Waals surface area (Å²) in [4.78, 5) is 14.6. The van der Waals surface area contributed by atoms with E-state index in [0.29, 0.717) is 0 Å². The predicted molar refractivity (Wildman–Crippen MR) is 80.3 cm³/mol. The molecule has 1 aliphatic carbocycles. The van der Waals surface area contributed by atoms with Gasteiger partial charge in [0.1, 0.15) is 0 Å². The summed E-state index contributed by atoms with van der Waals surface area (Å²) in [6.07, 6.45) is 4.19. The van der Waals surface area contributed by atoms with Crippen LogP contribution in [0.3, 0.4) is 0 Å². The lowest BCUT2D eigenvalue weighted by Gasteiger charge is -2.27. The molecule has 2 atom stereocenters. The lowest BCUT2D eigenvalue weighted by molar-refractivity contribution is -0.125. The molecule has 1 saturated heterocycles. The van der Waals surface area contributed by atoms with Crippen molar-refractivity contribution in [3.8, 4) is 0 Å². The summed E-state index contributed by atoms with van der Waals surface area (Å²) in [6.45, 7) is 1.91. The molecule has 1 amide bonds. The van der Waals surface area contributed by atoms with E-state index < -0.39 is 0 Å². The second kappa shape index (κ2) is 5.44. The highest BCUT2D eigenvalue weighted by molar-refractivity contribution is 5.79. The lowest BCUT2D eigenvalue weighted by Crippen LogP contribution is -2.36. The molecule has 0 aromatic heterocycles. The summed E-state index contributed by atoms with van der Waals surface area (Å²) in [5.41, 5.74) is 9.21. The fraction of sp³-hybridized carbons (Fsp3) is 0.562. The highest BCUT2D eigenvalue weighted by Gasteiger charge is 2.29. The van der Waals surface area contributed by atoms with E-state index in [1.54, 1.807) is 0 Å². The maximum Gasteiger partial charge on any atom is 0.224 e. The number of nitrogens with zero attached hydrogens (tertiary/aromatic N) is 1. The number of rotatable bonds is 2. The summed E-state index contributed by atoms with van der Waals surface area (Å²) in [6, 6.07) is 6.23. The molecule has 1 fully saturated rings. The maximum absolute atomic E-state index is 12.4. The molecule has 3 N–H and O–H groups in total. The van der Waals surface area contributed by atoms with Gasteiger partial charge in [-0.25, -0.2) is 0 Å². The van der Waals surface area contributed by atoms with E-state index in [1.165, 1.54) is 11.1 Å². The van der Waals surface area contributed by atoms with Crippen LogP contribution < -0.4 is 11.1 Å². The Morgan fingerprint density at radius 2 is 2.25 bits per heavy atom. The number of nitrogen functional groups attached to an aromatic ring is 1. The molecule has 1 aromatic carbocycles. The van der Waals surface area contributed by atoms with Crippen molar-refractivity contribution in [2.45, 2.75) is 31.7 Å². The minimum atomic E-state index is 0.152. The topological polar surface area (TPSA) is 58.4 Å². The molecule has 1 aromatic rings. The summed E-state index contributed by atoms with van der Waals surface area (Å²) in [5, 5.41) is 3.25. The molecule has 1 aliphatic heterocycles. The molecule has 2 unspecified atom stereocenters. The summed E-state index contributed by atoms with van der Waals surface area (Å²) in [5.74, 6) is 0.364. The number of fused-ring (bicyclic) bond motifs is 1. The van der Waals surface area contributed by atoms with E-state index in [-0.39, 0.29) is 17.9 Å². The van der Waals surface area contributed by atoms with Gasteiger partial charge in [-0.15, -0.1) is 0 Å². The molecule has 2 aliphatic rings. The van der Waals surface area contributed by atoms with Gasteiger partial charge in [0, 0.05) is 12.2 Å². The van der Waals surface area contributed by atoms with Crippen LogP contribution in [0.1, 0.15) is 36.4 Å². The van der Waals surface area contributed by atoms with Crippen LogP contribution in [0.25, 0.3) is 0 Å². The quantitative estimate of drug-likeness (QED) is 0.807. The number of amides is 1. The van der Waals surface area contributed by atoms with Gasteiger partial charge >= 0.3 is 0 Å². The molecule has 0 spiro atoms. The molecular formula is C16H23N3O. The Morgan fingerprint density at radius 3 is 3.00 bits per heavy atom. The van der Waals surface area contributed by atoms with Crippen LogP contribution in [-0.2, 0) is 11.2 Å². The van der Waals surface area contributed by atoms with E-state index >= 15 is 0 Å². The average Bonchev–Trinajstić information content (AvgIpc) is 2.85. The number of carbonyl (C=O) groups excluding carboxylic acids is 1. The van der Waals surface area contributed by atoms with Gasteiger partial charge in [0.05, 0.1) is 12.0 Å². The first-order valence-corrected chi connectivity index (χ1v) is 7.50. The molecule has 20 heavy (non-hydrogen) atoms. The summed E-state index contributed by atoms with van der Waals surface area (Å²) >= 11 is 0. The number of aryl methyl sites for hydroxylation is 1. The van der Waals surface area contributed by atoms with Gasteiger partial charge in [-0.1, -0.05) is 6.07 Å². The van der Waals surface area contributed by atoms with Crippen molar-refractivity contribution >= 4 is 11.6 Å². The molecule has 1 heterocycles. The number of anilines is 1.